The Bertz CT molecular complexity index is 813. The molecule has 1 aromatic rings. The molecule has 0 saturated carbocycles. The number of alkyl halides is 1. The van der Waals surface area contributed by atoms with Gasteiger partial charge in [-0.1, -0.05) is 22.6 Å². The van der Waals surface area contributed by atoms with Crippen molar-refractivity contribution in [3.63, 3.8) is 0 Å². The number of non-ortho nitro benzene ring substituents is 1. The van der Waals surface area contributed by atoms with Gasteiger partial charge in [-0.05, 0) is 31.5 Å². The summed E-state index contributed by atoms with van der Waals surface area (Å²) in [6, 6.07) is 5.21. The zero-order valence-electron chi connectivity index (χ0n) is 14.0. The van der Waals surface area contributed by atoms with Crippen LogP contribution in [0, 0.1) is 10.1 Å². The Kier molecular flexibility index (Phi) is 4.76. The number of carbonyl (C=O) groups excluding carboxylic acids is 1. The van der Waals surface area contributed by atoms with E-state index < -0.39 is 27.2 Å². The maximum absolute atomic E-state index is 12.6. The lowest BCUT2D eigenvalue weighted by Gasteiger charge is -2.47. The highest BCUT2D eigenvalue weighted by Gasteiger charge is 2.72. The minimum Gasteiger partial charge on any atom is -0.479 e. The molecule has 8 nitrogen and oxygen atoms in total. The molecule has 3 rings (SSSR count). The van der Waals surface area contributed by atoms with E-state index in [4.69, 9.17) is 0 Å². The number of rotatable bonds is 5. The third-order valence-corrected chi connectivity index (χ3v) is 7.61. The van der Waals surface area contributed by atoms with Crippen LogP contribution in [0.1, 0.15) is 19.4 Å². The number of nitro groups is 1. The predicted molar refractivity (Wildman–Crippen MR) is 106 cm³/mol. The molecule has 2 heterocycles. The Morgan fingerprint density at radius 2 is 2.08 bits per heavy atom. The first-order valence-electron chi connectivity index (χ1n) is 7.74. The lowest BCUT2D eigenvalue weighted by molar-refractivity contribution is -0.384. The number of carboxylic acids is 1. The number of carbonyl (C=O) groups is 2. The molecule has 0 spiro atoms. The van der Waals surface area contributed by atoms with Crippen LogP contribution in [-0.2, 0) is 9.59 Å². The highest BCUT2D eigenvalue weighted by Crippen LogP contribution is 2.58. The highest BCUT2D eigenvalue weighted by atomic mass is 127. The van der Waals surface area contributed by atoms with Gasteiger partial charge in [0, 0.05) is 27.5 Å². The first kappa shape index (κ1) is 19.1. The maximum atomic E-state index is 12.6. The zero-order chi connectivity index (χ0) is 19.3. The summed E-state index contributed by atoms with van der Waals surface area (Å²) in [6.45, 7) is 3.68. The van der Waals surface area contributed by atoms with E-state index in [2.05, 4.69) is 4.99 Å². The number of β-lactam (4-membered cyclic amide) rings is 1. The molecule has 26 heavy (non-hydrogen) atoms. The Balaban J connectivity index is 1.82. The van der Waals surface area contributed by atoms with Crippen LogP contribution < -0.4 is 0 Å². The van der Waals surface area contributed by atoms with Crippen molar-refractivity contribution in [1.29, 1.82) is 0 Å². The van der Waals surface area contributed by atoms with Gasteiger partial charge in [0.05, 0.1) is 4.92 Å². The first-order valence-corrected chi connectivity index (χ1v) is 10.1. The number of nitro benzene ring substituents is 1. The Labute approximate surface area is 167 Å². The van der Waals surface area contributed by atoms with Crippen LogP contribution >= 0.6 is 34.4 Å². The van der Waals surface area contributed by atoms with E-state index in [0.717, 1.165) is 0 Å². The number of aliphatic carboxylic acids is 1. The van der Waals surface area contributed by atoms with E-state index in [-0.39, 0.29) is 17.0 Å². The summed E-state index contributed by atoms with van der Waals surface area (Å²) in [4.78, 5) is 40.6. The second kappa shape index (κ2) is 6.48. The fraction of sp³-hybridized carbons (Fsp3) is 0.438. The predicted octanol–water partition coefficient (Wildman–Crippen LogP) is 2.33. The summed E-state index contributed by atoms with van der Waals surface area (Å²) < 4.78 is -0.348. The number of hydrogen-bond donors (Lipinski definition) is 1. The Morgan fingerprint density at radius 3 is 2.58 bits per heavy atom. The fourth-order valence-corrected chi connectivity index (χ4v) is 6.96. The molecule has 0 bridgehead atoms. The second-order valence-electron chi connectivity index (χ2n) is 6.60. The van der Waals surface area contributed by atoms with Crippen LogP contribution in [-0.4, -0.2) is 59.2 Å². The van der Waals surface area contributed by atoms with Gasteiger partial charge in [-0.3, -0.25) is 19.9 Å². The fourth-order valence-electron chi connectivity index (χ4n) is 3.29. The normalized spacial score (nSPS) is 29.5. The topological polar surface area (TPSA) is 113 Å². The van der Waals surface area contributed by atoms with Crippen molar-refractivity contribution in [1.82, 2.24) is 4.90 Å². The van der Waals surface area contributed by atoms with Crippen LogP contribution in [0.15, 0.2) is 29.3 Å². The van der Waals surface area contributed by atoms with Gasteiger partial charge in [-0.15, -0.1) is 11.8 Å². The maximum Gasteiger partial charge on any atom is 0.331 e. The van der Waals surface area contributed by atoms with Gasteiger partial charge in [0.25, 0.3) is 11.6 Å². The molecular formula is C16H16IN3O5S. The van der Waals surface area contributed by atoms with Gasteiger partial charge in [-0.25, -0.2) is 4.79 Å². The molecule has 2 aliphatic rings. The smallest absolute Gasteiger partial charge is 0.331 e. The molecule has 0 radical (unpaired) electrons. The largest absolute Gasteiger partial charge is 0.479 e. The molecule has 138 valence electrons. The van der Waals surface area contributed by atoms with Crippen LogP contribution in [0.4, 0.5) is 5.69 Å². The lowest BCUT2D eigenvalue weighted by Crippen LogP contribution is -2.72. The first-order chi connectivity index (χ1) is 12.2. The number of fused-ring (bicyclic) bond motifs is 1. The van der Waals surface area contributed by atoms with Crippen molar-refractivity contribution < 1.29 is 19.6 Å². The van der Waals surface area contributed by atoms with E-state index in [1.165, 1.54) is 35.0 Å². The number of nitrogens with zero attached hydrogens (tertiary/aromatic N) is 3. The second-order valence-corrected chi connectivity index (χ2v) is 9.10. The van der Waals surface area contributed by atoms with Crippen molar-refractivity contribution in [2.45, 2.75) is 35.5 Å². The molecule has 0 aliphatic carbocycles. The van der Waals surface area contributed by atoms with E-state index in [1.54, 1.807) is 12.1 Å². The molecule has 2 fully saturated rings. The molecule has 2 aliphatic heterocycles. The number of aliphatic imine (C=N–C) groups is 1. The number of carboxylic acid groups (broad SMARTS) is 1. The quantitative estimate of drug-likeness (QED) is 0.170. The SMILES string of the molecule is CC1(C)S[C@@H]2[C@@H](N=Cc3ccc([N+](=O)[O-])cc3)C(=O)N2[C@@]1(CI)C(=O)O. The summed E-state index contributed by atoms with van der Waals surface area (Å²) in [6.07, 6.45) is 1.50. The summed E-state index contributed by atoms with van der Waals surface area (Å²) in [5.41, 5.74) is -0.628. The summed E-state index contributed by atoms with van der Waals surface area (Å²) in [5, 5.41) is 20.2. The van der Waals surface area contributed by atoms with Crippen LogP contribution in [0.25, 0.3) is 0 Å². The van der Waals surface area contributed by atoms with E-state index in [1.807, 2.05) is 36.4 Å². The molecule has 0 aromatic heterocycles. The molecule has 1 N–H and O–H groups in total. The number of amides is 1. The minimum absolute atomic E-state index is 0.0190. The van der Waals surface area contributed by atoms with Crippen molar-refractivity contribution in [2.75, 3.05) is 4.43 Å². The third kappa shape index (κ3) is 2.61. The van der Waals surface area contributed by atoms with Crippen LogP contribution in [0.2, 0.25) is 0 Å². The summed E-state index contributed by atoms with van der Waals surface area (Å²) in [7, 11) is 0. The Morgan fingerprint density at radius 1 is 1.46 bits per heavy atom. The highest BCUT2D eigenvalue weighted by molar-refractivity contribution is 14.1. The molecule has 0 unspecified atom stereocenters. The van der Waals surface area contributed by atoms with Crippen LogP contribution in [0.3, 0.4) is 0 Å². The monoisotopic (exact) mass is 489 g/mol. The van der Waals surface area contributed by atoms with E-state index in [0.29, 0.717) is 9.99 Å². The minimum atomic E-state index is -1.25. The number of thioether (sulfide) groups is 1. The van der Waals surface area contributed by atoms with Crippen LogP contribution in [0.5, 0.6) is 0 Å². The van der Waals surface area contributed by atoms with Crippen molar-refractivity contribution in [2.24, 2.45) is 4.99 Å². The van der Waals surface area contributed by atoms with Gasteiger partial charge in [-0.2, -0.15) is 0 Å². The van der Waals surface area contributed by atoms with Crippen molar-refractivity contribution >= 4 is 58.1 Å². The van der Waals surface area contributed by atoms with E-state index in [9.17, 15) is 24.8 Å². The average molecular weight is 489 g/mol. The third-order valence-electron chi connectivity index (χ3n) is 4.87. The number of hydrogen-bond acceptors (Lipinski definition) is 6. The number of halogens is 1. The van der Waals surface area contributed by atoms with E-state index >= 15 is 0 Å². The van der Waals surface area contributed by atoms with Crippen molar-refractivity contribution in [3.8, 4) is 0 Å². The number of benzene rings is 1. The van der Waals surface area contributed by atoms with Gasteiger partial charge in [0.2, 0.25) is 0 Å². The molecular weight excluding hydrogens is 473 g/mol. The molecule has 1 aromatic carbocycles. The Hall–Kier alpha value is -1.69. The van der Waals surface area contributed by atoms with Crippen molar-refractivity contribution in [3.05, 3.63) is 39.9 Å². The lowest BCUT2D eigenvalue weighted by atomic mass is 9.82. The zero-order valence-corrected chi connectivity index (χ0v) is 16.9. The molecule has 3 atom stereocenters. The molecule has 10 heteroatoms. The van der Waals surface area contributed by atoms with Gasteiger partial charge >= 0.3 is 5.97 Å². The summed E-state index contributed by atoms with van der Waals surface area (Å²) in [5.74, 6) is -1.30. The molecule has 1 amide bonds. The standard InChI is InChI=1S/C16H16IN3O5S/c1-15(2)16(8-17,14(22)23)19-12(21)11(13(19)26-15)18-7-9-3-5-10(6-4-9)20(24)25/h3-7,11,13H,8H2,1-2H3,(H,22,23)/t11-,13+,16-/m0/s1. The van der Waals surface area contributed by atoms with Gasteiger partial charge in [0.15, 0.2) is 11.6 Å². The average Bonchev–Trinajstić information content (AvgIpc) is 2.80. The molecule has 2 saturated heterocycles. The van der Waals surface area contributed by atoms with Gasteiger partial charge in [0.1, 0.15) is 5.37 Å². The summed E-state index contributed by atoms with van der Waals surface area (Å²) >= 11 is 3.46. The van der Waals surface area contributed by atoms with Gasteiger partial charge < -0.3 is 10.0 Å².